The van der Waals surface area contributed by atoms with Gasteiger partial charge in [-0.3, -0.25) is 0 Å². The lowest BCUT2D eigenvalue weighted by atomic mass is 9.99. The molecule has 0 spiro atoms. The van der Waals surface area contributed by atoms with Crippen LogP contribution in [0.25, 0.3) is 10.2 Å². The van der Waals surface area contributed by atoms with Crippen LogP contribution in [0.15, 0.2) is 6.07 Å². The monoisotopic (exact) mass is 278 g/mol. The van der Waals surface area contributed by atoms with E-state index < -0.39 is 0 Å². The van der Waals surface area contributed by atoms with E-state index in [0.717, 1.165) is 28.9 Å². The van der Waals surface area contributed by atoms with Gasteiger partial charge in [-0.15, -0.1) is 11.3 Å². The maximum absolute atomic E-state index is 4.57. The molecule has 0 aliphatic heterocycles. The minimum atomic E-state index is 0.0386. The van der Waals surface area contributed by atoms with Crippen molar-refractivity contribution in [2.45, 2.75) is 46.1 Å². The highest BCUT2D eigenvalue weighted by Gasteiger charge is 2.19. The number of anilines is 2. The molecule has 104 valence electrons. The van der Waals surface area contributed by atoms with E-state index in [9.17, 15) is 0 Å². The molecular weight excluding hydrogens is 256 g/mol. The van der Waals surface area contributed by atoms with Gasteiger partial charge in [0.15, 0.2) is 0 Å². The van der Waals surface area contributed by atoms with Gasteiger partial charge in [-0.05, 0) is 33.3 Å². The van der Waals surface area contributed by atoms with Crippen LogP contribution in [-0.2, 0) is 0 Å². The van der Waals surface area contributed by atoms with Crippen molar-refractivity contribution in [2.75, 3.05) is 17.7 Å². The predicted molar refractivity (Wildman–Crippen MR) is 84.3 cm³/mol. The average molecular weight is 278 g/mol. The fraction of sp³-hybridized carbons (Fsp3) is 0.571. The fourth-order valence-electron chi connectivity index (χ4n) is 2.26. The lowest BCUT2D eigenvalue weighted by molar-refractivity contribution is 0.510. The Morgan fingerprint density at radius 1 is 1.32 bits per heavy atom. The third-order valence-corrected chi connectivity index (χ3v) is 4.02. The van der Waals surface area contributed by atoms with Crippen LogP contribution in [0, 0.1) is 6.92 Å². The second-order valence-electron chi connectivity index (χ2n) is 5.48. The SMILES string of the molecule is CCCC(C)(C)Nc1nc(NC)nc2sc(C)cc12. The zero-order valence-corrected chi connectivity index (χ0v) is 13.1. The van der Waals surface area contributed by atoms with Crippen LogP contribution < -0.4 is 10.6 Å². The largest absolute Gasteiger partial charge is 0.364 e. The highest BCUT2D eigenvalue weighted by molar-refractivity contribution is 7.18. The van der Waals surface area contributed by atoms with Crippen LogP contribution in [0.4, 0.5) is 11.8 Å². The number of rotatable bonds is 5. The Morgan fingerprint density at radius 3 is 2.68 bits per heavy atom. The first-order valence-electron chi connectivity index (χ1n) is 6.69. The maximum atomic E-state index is 4.57. The van der Waals surface area contributed by atoms with Crippen molar-refractivity contribution in [3.63, 3.8) is 0 Å². The van der Waals surface area contributed by atoms with Crippen LogP contribution in [0.3, 0.4) is 0 Å². The van der Waals surface area contributed by atoms with Gasteiger partial charge in [0, 0.05) is 17.5 Å². The molecule has 0 saturated heterocycles. The molecule has 2 aromatic rings. The van der Waals surface area contributed by atoms with Crippen molar-refractivity contribution in [1.82, 2.24) is 9.97 Å². The Balaban J connectivity index is 2.45. The number of aromatic nitrogens is 2. The lowest BCUT2D eigenvalue weighted by Gasteiger charge is -2.26. The third-order valence-electron chi connectivity index (χ3n) is 3.07. The lowest BCUT2D eigenvalue weighted by Crippen LogP contribution is -2.31. The van der Waals surface area contributed by atoms with Crippen molar-refractivity contribution in [3.05, 3.63) is 10.9 Å². The Morgan fingerprint density at radius 2 is 2.05 bits per heavy atom. The molecule has 0 amide bonds. The second kappa shape index (κ2) is 5.33. The van der Waals surface area contributed by atoms with Gasteiger partial charge in [0.25, 0.3) is 0 Å². The van der Waals surface area contributed by atoms with Crippen molar-refractivity contribution < 1.29 is 0 Å². The minimum absolute atomic E-state index is 0.0386. The van der Waals surface area contributed by atoms with E-state index in [1.807, 2.05) is 7.05 Å². The minimum Gasteiger partial charge on any atom is -0.364 e. The van der Waals surface area contributed by atoms with Crippen molar-refractivity contribution >= 4 is 33.3 Å². The Labute approximate surface area is 118 Å². The smallest absolute Gasteiger partial charge is 0.225 e. The molecule has 0 aromatic carbocycles. The number of aryl methyl sites for hydroxylation is 1. The Kier molecular flexibility index (Phi) is 3.94. The van der Waals surface area contributed by atoms with Crippen LogP contribution in [0.2, 0.25) is 0 Å². The van der Waals surface area contributed by atoms with Gasteiger partial charge in [0.05, 0.1) is 5.39 Å². The summed E-state index contributed by atoms with van der Waals surface area (Å²) in [4.78, 5) is 11.4. The van der Waals surface area contributed by atoms with Crippen LogP contribution in [0.5, 0.6) is 0 Å². The molecule has 2 heterocycles. The van der Waals surface area contributed by atoms with Crippen molar-refractivity contribution in [3.8, 4) is 0 Å². The summed E-state index contributed by atoms with van der Waals surface area (Å²) in [5.74, 6) is 1.60. The van der Waals surface area contributed by atoms with Gasteiger partial charge >= 0.3 is 0 Å². The normalized spacial score (nSPS) is 11.8. The van der Waals surface area contributed by atoms with Crippen LogP contribution >= 0.6 is 11.3 Å². The topological polar surface area (TPSA) is 49.8 Å². The van der Waals surface area contributed by atoms with E-state index in [-0.39, 0.29) is 5.54 Å². The van der Waals surface area contributed by atoms with Gasteiger partial charge in [0.1, 0.15) is 10.6 Å². The maximum Gasteiger partial charge on any atom is 0.225 e. The molecule has 0 fully saturated rings. The van der Waals surface area contributed by atoms with E-state index in [1.165, 1.54) is 4.88 Å². The number of nitrogens with zero attached hydrogens (tertiary/aromatic N) is 2. The second-order valence-corrected chi connectivity index (χ2v) is 6.72. The number of hydrogen-bond donors (Lipinski definition) is 2. The van der Waals surface area contributed by atoms with Crippen molar-refractivity contribution in [1.29, 1.82) is 0 Å². The van der Waals surface area contributed by atoms with Gasteiger partial charge in [-0.1, -0.05) is 13.3 Å². The summed E-state index contributed by atoms with van der Waals surface area (Å²) >= 11 is 1.70. The Bertz CT molecular complexity index is 574. The molecule has 19 heavy (non-hydrogen) atoms. The van der Waals surface area contributed by atoms with E-state index in [0.29, 0.717) is 5.95 Å². The molecule has 0 aliphatic carbocycles. The van der Waals surface area contributed by atoms with E-state index in [4.69, 9.17) is 0 Å². The molecule has 2 aromatic heterocycles. The molecule has 0 saturated carbocycles. The Hall–Kier alpha value is -1.36. The fourth-order valence-corrected chi connectivity index (χ4v) is 3.14. The first-order chi connectivity index (χ1) is 8.95. The molecular formula is C14H22N4S. The zero-order valence-electron chi connectivity index (χ0n) is 12.3. The first-order valence-corrected chi connectivity index (χ1v) is 7.51. The summed E-state index contributed by atoms with van der Waals surface area (Å²) in [6.07, 6.45) is 2.26. The highest BCUT2D eigenvalue weighted by atomic mass is 32.1. The summed E-state index contributed by atoms with van der Waals surface area (Å²) < 4.78 is 0. The molecule has 5 heteroatoms. The highest BCUT2D eigenvalue weighted by Crippen LogP contribution is 2.31. The van der Waals surface area contributed by atoms with Gasteiger partial charge in [-0.2, -0.15) is 4.98 Å². The number of thiophene rings is 1. The molecule has 2 N–H and O–H groups in total. The van der Waals surface area contributed by atoms with Crippen molar-refractivity contribution in [2.24, 2.45) is 0 Å². The van der Waals surface area contributed by atoms with Crippen LogP contribution in [-0.4, -0.2) is 22.6 Å². The molecule has 0 bridgehead atoms. The van der Waals surface area contributed by atoms with E-state index >= 15 is 0 Å². The predicted octanol–water partition coefficient (Wildman–Crippen LogP) is 4.03. The number of nitrogens with one attached hydrogen (secondary N) is 2. The zero-order chi connectivity index (χ0) is 14.0. The third kappa shape index (κ3) is 3.15. The quantitative estimate of drug-likeness (QED) is 0.867. The summed E-state index contributed by atoms with van der Waals surface area (Å²) in [5.41, 5.74) is 0.0386. The molecule has 0 aliphatic rings. The average Bonchev–Trinajstić information content (AvgIpc) is 2.69. The van der Waals surface area contributed by atoms with E-state index in [2.05, 4.69) is 54.4 Å². The number of hydrogen-bond acceptors (Lipinski definition) is 5. The van der Waals surface area contributed by atoms with Gasteiger partial charge in [-0.25, -0.2) is 4.98 Å². The van der Waals surface area contributed by atoms with Gasteiger partial charge < -0.3 is 10.6 Å². The molecule has 2 rings (SSSR count). The standard InChI is InChI=1S/C14H22N4S/c1-6-7-14(3,4)18-11-10-8-9(2)19-12(10)17-13(15-5)16-11/h8H,6-7H2,1-5H3,(H2,15,16,17,18). The summed E-state index contributed by atoms with van der Waals surface area (Å²) in [6, 6.07) is 2.16. The first kappa shape index (κ1) is 14.1. The molecule has 4 nitrogen and oxygen atoms in total. The van der Waals surface area contributed by atoms with E-state index in [1.54, 1.807) is 11.3 Å². The number of fused-ring (bicyclic) bond motifs is 1. The van der Waals surface area contributed by atoms with Crippen LogP contribution in [0.1, 0.15) is 38.5 Å². The summed E-state index contributed by atoms with van der Waals surface area (Å²) in [6.45, 7) is 8.73. The summed E-state index contributed by atoms with van der Waals surface area (Å²) in [5, 5.41) is 7.71. The van der Waals surface area contributed by atoms with Gasteiger partial charge in [0.2, 0.25) is 5.95 Å². The molecule has 0 atom stereocenters. The molecule has 0 radical (unpaired) electrons. The molecule has 0 unspecified atom stereocenters. The summed E-state index contributed by atoms with van der Waals surface area (Å²) in [7, 11) is 1.85.